The highest BCUT2D eigenvalue weighted by Gasteiger charge is 2.18. The van der Waals surface area contributed by atoms with E-state index < -0.39 is 0 Å². The molecule has 0 saturated carbocycles. The summed E-state index contributed by atoms with van der Waals surface area (Å²) in [5.74, 6) is 1.47. The number of benzene rings is 1. The number of hydrogen-bond acceptors (Lipinski definition) is 3. The van der Waals surface area contributed by atoms with Gasteiger partial charge in [0.1, 0.15) is 10.9 Å². The lowest BCUT2D eigenvalue weighted by Gasteiger charge is -2.17. The minimum Gasteiger partial charge on any atom is -0.493 e. The Hall–Kier alpha value is -1.61. The van der Waals surface area contributed by atoms with Gasteiger partial charge in [-0.2, -0.15) is 0 Å². The molecule has 0 bridgehead atoms. The van der Waals surface area contributed by atoms with Gasteiger partial charge in [0.05, 0.1) is 12.2 Å². The van der Waals surface area contributed by atoms with Gasteiger partial charge in [-0.15, -0.1) is 0 Å². The van der Waals surface area contributed by atoms with Crippen LogP contribution in [0.2, 0.25) is 5.15 Å². The normalized spacial score (nSPS) is 13.9. The summed E-state index contributed by atoms with van der Waals surface area (Å²) >= 11 is 6.33. The Balaban J connectivity index is 2.09. The van der Waals surface area contributed by atoms with E-state index in [0.29, 0.717) is 17.6 Å². The summed E-state index contributed by atoms with van der Waals surface area (Å²) in [5.41, 5.74) is 3.12. The summed E-state index contributed by atoms with van der Waals surface area (Å²) in [6, 6.07) is 7.84. The standard InChI is InChI=1S/C16H17ClN2O/c1-2-20-14-10-6-4-8-12(14)16-18-13-9-5-3-7-11(13)15(17)19-16/h4,6,8,10H,2-3,5,7,9H2,1H3. The topological polar surface area (TPSA) is 35.0 Å². The Labute approximate surface area is 124 Å². The van der Waals surface area contributed by atoms with Crippen molar-refractivity contribution in [1.29, 1.82) is 0 Å². The minimum absolute atomic E-state index is 0.594. The van der Waals surface area contributed by atoms with E-state index in [1.165, 1.54) is 12.8 Å². The smallest absolute Gasteiger partial charge is 0.164 e. The number of halogens is 1. The number of rotatable bonds is 3. The summed E-state index contributed by atoms with van der Waals surface area (Å²) in [6.07, 6.45) is 4.32. The van der Waals surface area contributed by atoms with E-state index in [4.69, 9.17) is 21.3 Å². The average Bonchev–Trinajstić information content (AvgIpc) is 2.48. The number of aryl methyl sites for hydroxylation is 1. The molecule has 2 aromatic rings. The van der Waals surface area contributed by atoms with Gasteiger partial charge in [0, 0.05) is 11.3 Å². The van der Waals surface area contributed by atoms with E-state index in [1.54, 1.807) is 0 Å². The van der Waals surface area contributed by atoms with E-state index in [9.17, 15) is 0 Å². The molecule has 4 heteroatoms. The molecule has 3 nitrogen and oxygen atoms in total. The number of ether oxygens (including phenoxy) is 1. The monoisotopic (exact) mass is 288 g/mol. The van der Waals surface area contributed by atoms with Crippen LogP contribution >= 0.6 is 11.6 Å². The van der Waals surface area contributed by atoms with Gasteiger partial charge in [0.2, 0.25) is 0 Å². The fourth-order valence-electron chi connectivity index (χ4n) is 2.60. The van der Waals surface area contributed by atoms with Gasteiger partial charge in [-0.25, -0.2) is 9.97 Å². The zero-order chi connectivity index (χ0) is 13.9. The molecule has 1 aromatic heterocycles. The zero-order valence-electron chi connectivity index (χ0n) is 11.5. The molecular weight excluding hydrogens is 272 g/mol. The fraction of sp³-hybridized carbons (Fsp3) is 0.375. The van der Waals surface area contributed by atoms with Crippen LogP contribution in [0.5, 0.6) is 5.75 Å². The van der Waals surface area contributed by atoms with Gasteiger partial charge < -0.3 is 4.74 Å². The second-order valence-electron chi connectivity index (χ2n) is 4.90. The number of para-hydroxylation sites is 1. The molecule has 3 rings (SSSR count). The molecule has 1 aliphatic carbocycles. The lowest BCUT2D eigenvalue weighted by atomic mass is 9.97. The van der Waals surface area contributed by atoms with E-state index >= 15 is 0 Å². The highest BCUT2D eigenvalue weighted by molar-refractivity contribution is 6.30. The van der Waals surface area contributed by atoms with Crippen molar-refractivity contribution >= 4 is 11.6 Å². The van der Waals surface area contributed by atoms with Gasteiger partial charge in [-0.3, -0.25) is 0 Å². The molecular formula is C16H17ClN2O. The van der Waals surface area contributed by atoms with Gasteiger partial charge in [-0.05, 0) is 44.7 Å². The number of aromatic nitrogens is 2. The molecule has 1 aliphatic rings. The van der Waals surface area contributed by atoms with Crippen molar-refractivity contribution in [3.8, 4) is 17.1 Å². The van der Waals surface area contributed by atoms with E-state index in [0.717, 1.165) is 35.4 Å². The van der Waals surface area contributed by atoms with Crippen LogP contribution in [0.4, 0.5) is 0 Å². The summed E-state index contributed by atoms with van der Waals surface area (Å²) in [7, 11) is 0. The summed E-state index contributed by atoms with van der Waals surface area (Å²) in [5, 5.41) is 0.594. The average molecular weight is 289 g/mol. The molecule has 0 N–H and O–H groups in total. The van der Waals surface area contributed by atoms with E-state index in [1.807, 2.05) is 31.2 Å². The largest absolute Gasteiger partial charge is 0.493 e. The molecule has 0 atom stereocenters. The van der Waals surface area contributed by atoms with Crippen molar-refractivity contribution in [2.24, 2.45) is 0 Å². The van der Waals surface area contributed by atoms with Gasteiger partial charge in [-0.1, -0.05) is 23.7 Å². The van der Waals surface area contributed by atoms with Crippen molar-refractivity contribution in [1.82, 2.24) is 9.97 Å². The second kappa shape index (κ2) is 5.80. The van der Waals surface area contributed by atoms with E-state index in [2.05, 4.69) is 4.98 Å². The lowest BCUT2D eigenvalue weighted by Crippen LogP contribution is -2.09. The summed E-state index contributed by atoms with van der Waals surface area (Å²) in [6.45, 7) is 2.59. The molecule has 104 valence electrons. The van der Waals surface area contributed by atoms with Crippen LogP contribution in [0.15, 0.2) is 24.3 Å². The van der Waals surface area contributed by atoms with Crippen LogP contribution in [0, 0.1) is 0 Å². The van der Waals surface area contributed by atoms with Crippen LogP contribution in [-0.4, -0.2) is 16.6 Å². The first kappa shape index (κ1) is 13.4. The Bertz CT molecular complexity index is 628. The Morgan fingerprint density at radius 3 is 2.80 bits per heavy atom. The Morgan fingerprint density at radius 1 is 1.15 bits per heavy atom. The minimum atomic E-state index is 0.594. The second-order valence-corrected chi connectivity index (χ2v) is 5.26. The zero-order valence-corrected chi connectivity index (χ0v) is 12.3. The van der Waals surface area contributed by atoms with Crippen LogP contribution < -0.4 is 4.74 Å². The van der Waals surface area contributed by atoms with Crippen LogP contribution in [0.1, 0.15) is 31.0 Å². The van der Waals surface area contributed by atoms with Crippen molar-refractivity contribution < 1.29 is 4.74 Å². The van der Waals surface area contributed by atoms with Crippen molar-refractivity contribution in [2.45, 2.75) is 32.6 Å². The predicted molar refractivity (Wildman–Crippen MR) is 80.3 cm³/mol. The first-order valence-electron chi connectivity index (χ1n) is 7.07. The molecule has 20 heavy (non-hydrogen) atoms. The highest BCUT2D eigenvalue weighted by atomic mass is 35.5. The number of nitrogens with zero attached hydrogens (tertiary/aromatic N) is 2. The third-order valence-corrected chi connectivity index (χ3v) is 3.87. The molecule has 0 amide bonds. The van der Waals surface area contributed by atoms with Crippen molar-refractivity contribution in [3.63, 3.8) is 0 Å². The van der Waals surface area contributed by atoms with Crippen molar-refractivity contribution in [2.75, 3.05) is 6.61 Å². The first-order valence-corrected chi connectivity index (χ1v) is 7.45. The van der Waals surface area contributed by atoms with Crippen LogP contribution in [-0.2, 0) is 12.8 Å². The Morgan fingerprint density at radius 2 is 1.95 bits per heavy atom. The quantitative estimate of drug-likeness (QED) is 0.799. The van der Waals surface area contributed by atoms with Crippen molar-refractivity contribution in [3.05, 3.63) is 40.7 Å². The fourth-order valence-corrected chi connectivity index (χ4v) is 2.89. The molecule has 1 heterocycles. The van der Waals surface area contributed by atoms with Gasteiger partial charge >= 0.3 is 0 Å². The third kappa shape index (κ3) is 2.50. The lowest BCUT2D eigenvalue weighted by molar-refractivity contribution is 0.341. The number of hydrogen-bond donors (Lipinski definition) is 0. The molecule has 0 radical (unpaired) electrons. The number of fused-ring (bicyclic) bond motifs is 1. The SMILES string of the molecule is CCOc1ccccc1-c1nc(Cl)c2c(n1)CCCC2. The summed E-state index contributed by atoms with van der Waals surface area (Å²) in [4.78, 5) is 9.19. The van der Waals surface area contributed by atoms with Gasteiger partial charge in [0.25, 0.3) is 0 Å². The molecule has 0 fully saturated rings. The molecule has 0 aliphatic heterocycles. The Kier molecular flexibility index (Phi) is 3.88. The predicted octanol–water partition coefficient (Wildman–Crippen LogP) is 4.07. The van der Waals surface area contributed by atoms with Crippen LogP contribution in [0.3, 0.4) is 0 Å². The molecule has 0 saturated heterocycles. The van der Waals surface area contributed by atoms with E-state index in [-0.39, 0.29) is 0 Å². The summed E-state index contributed by atoms with van der Waals surface area (Å²) < 4.78 is 5.65. The van der Waals surface area contributed by atoms with Gasteiger partial charge in [0.15, 0.2) is 5.82 Å². The molecule has 0 spiro atoms. The maximum Gasteiger partial charge on any atom is 0.164 e. The maximum atomic E-state index is 6.33. The molecule has 0 unspecified atom stereocenters. The first-order chi connectivity index (χ1) is 9.79. The molecule has 1 aromatic carbocycles. The van der Waals surface area contributed by atoms with Crippen LogP contribution in [0.25, 0.3) is 11.4 Å². The highest BCUT2D eigenvalue weighted by Crippen LogP contribution is 2.32. The third-order valence-electron chi connectivity index (χ3n) is 3.56. The maximum absolute atomic E-state index is 6.33.